The highest BCUT2D eigenvalue weighted by molar-refractivity contribution is 8.13. The molecule has 24 heavy (non-hydrogen) atoms. The summed E-state index contributed by atoms with van der Waals surface area (Å²) < 4.78 is 0. The maximum absolute atomic E-state index is 12.4. The summed E-state index contributed by atoms with van der Waals surface area (Å²) in [5.74, 6) is 0.815. The first kappa shape index (κ1) is 16.5. The molecule has 0 spiro atoms. The van der Waals surface area contributed by atoms with Crippen LogP contribution in [0.3, 0.4) is 0 Å². The van der Waals surface area contributed by atoms with Crippen LogP contribution < -0.4 is 11.1 Å². The van der Waals surface area contributed by atoms with E-state index >= 15 is 0 Å². The van der Waals surface area contributed by atoms with E-state index in [-0.39, 0.29) is 11.4 Å². The number of aromatic nitrogens is 1. The molecule has 1 aliphatic rings. The molecular formula is C18H20N4OS. The summed E-state index contributed by atoms with van der Waals surface area (Å²) in [4.78, 5) is 21.2. The second-order valence-electron chi connectivity index (χ2n) is 5.91. The molecule has 0 saturated carbocycles. The van der Waals surface area contributed by atoms with Gasteiger partial charge in [0.25, 0.3) is 5.91 Å². The van der Waals surface area contributed by atoms with Crippen LogP contribution in [-0.2, 0) is 12.1 Å². The number of hydrogen-bond donors (Lipinski definition) is 2. The normalized spacial score (nSPS) is 20.3. The fourth-order valence-corrected chi connectivity index (χ4v) is 3.64. The van der Waals surface area contributed by atoms with E-state index < -0.39 is 0 Å². The zero-order valence-electron chi connectivity index (χ0n) is 13.5. The molecule has 1 amide bonds. The average Bonchev–Trinajstić information content (AvgIpc) is 2.60. The third kappa shape index (κ3) is 3.76. The molecular weight excluding hydrogens is 320 g/mol. The number of carbonyl (C=O) groups excluding carboxylic acids is 1. The van der Waals surface area contributed by atoms with Gasteiger partial charge in [-0.25, -0.2) is 0 Å². The molecule has 1 aromatic carbocycles. The molecule has 0 saturated heterocycles. The number of nitrogens with two attached hydrogens (primary N) is 1. The molecule has 0 bridgehead atoms. The highest BCUT2D eigenvalue weighted by Crippen LogP contribution is 2.35. The summed E-state index contributed by atoms with van der Waals surface area (Å²) in [6.45, 7) is 2.47. The van der Waals surface area contributed by atoms with Gasteiger partial charge in [-0.1, -0.05) is 30.0 Å². The van der Waals surface area contributed by atoms with Gasteiger partial charge in [0.2, 0.25) is 0 Å². The molecule has 1 aromatic heterocycles. The first-order chi connectivity index (χ1) is 11.6. The minimum absolute atomic E-state index is 0.117. The van der Waals surface area contributed by atoms with Crippen molar-refractivity contribution in [3.8, 4) is 0 Å². The number of benzene rings is 1. The number of pyridine rings is 1. The van der Waals surface area contributed by atoms with E-state index in [1.807, 2.05) is 42.5 Å². The Bertz CT molecular complexity index is 763. The van der Waals surface area contributed by atoms with Gasteiger partial charge in [-0.2, -0.15) is 0 Å². The van der Waals surface area contributed by atoms with Gasteiger partial charge < -0.3 is 11.1 Å². The number of rotatable bonds is 4. The van der Waals surface area contributed by atoms with Crippen LogP contribution in [0.15, 0.2) is 53.7 Å². The quantitative estimate of drug-likeness (QED) is 0.897. The molecule has 0 radical (unpaired) electrons. The summed E-state index contributed by atoms with van der Waals surface area (Å²) in [7, 11) is 0. The smallest absolute Gasteiger partial charge is 0.251 e. The van der Waals surface area contributed by atoms with Crippen LogP contribution in [0.1, 0.15) is 35.0 Å². The maximum atomic E-state index is 12.4. The predicted molar refractivity (Wildman–Crippen MR) is 97.9 cm³/mol. The Kier molecular flexibility index (Phi) is 4.85. The molecule has 6 heteroatoms. The van der Waals surface area contributed by atoms with Gasteiger partial charge >= 0.3 is 0 Å². The predicted octanol–water partition coefficient (Wildman–Crippen LogP) is 2.68. The van der Waals surface area contributed by atoms with Crippen LogP contribution in [0.2, 0.25) is 0 Å². The van der Waals surface area contributed by atoms with Crippen LogP contribution >= 0.6 is 11.8 Å². The van der Waals surface area contributed by atoms with E-state index in [0.717, 1.165) is 23.4 Å². The van der Waals surface area contributed by atoms with Gasteiger partial charge in [0, 0.05) is 17.5 Å². The molecule has 3 rings (SSSR count). The summed E-state index contributed by atoms with van der Waals surface area (Å²) in [5, 5.41) is 3.51. The fourth-order valence-electron chi connectivity index (χ4n) is 2.67. The summed E-state index contributed by atoms with van der Waals surface area (Å²) >= 11 is 1.57. The summed E-state index contributed by atoms with van der Waals surface area (Å²) in [6, 6.07) is 13.2. The Morgan fingerprint density at radius 2 is 2.21 bits per heavy atom. The van der Waals surface area contributed by atoms with Crippen LogP contribution in [0.25, 0.3) is 0 Å². The Balaban J connectivity index is 1.75. The highest BCUT2D eigenvalue weighted by Gasteiger charge is 2.29. The van der Waals surface area contributed by atoms with Crippen molar-refractivity contribution < 1.29 is 4.79 Å². The largest absolute Gasteiger partial charge is 0.379 e. The minimum atomic E-state index is -0.368. The Morgan fingerprint density at radius 3 is 2.96 bits per heavy atom. The number of hydrogen-bond acceptors (Lipinski definition) is 5. The number of nitrogens with one attached hydrogen (secondary N) is 1. The molecule has 2 aromatic rings. The Hall–Kier alpha value is -2.34. The van der Waals surface area contributed by atoms with E-state index in [9.17, 15) is 4.79 Å². The molecule has 1 unspecified atom stereocenters. The second-order valence-corrected chi connectivity index (χ2v) is 7.02. The van der Waals surface area contributed by atoms with Crippen LogP contribution in [0, 0.1) is 0 Å². The van der Waals surface area contributed by atoms with Crippen LogP contribution in [0.4, 0.5) is 0 Å². The number of amides is 1. The lowest BCUT2D eigenvalue weighted by atomic mass is 9.88. The van der Waals surface area contributed by atoms with Gasteiger partial charge in [0.1, 0.15) is 0 Å². The van der Waals surface area contributed by atoms with Crippen molar-refractivity contribution in [3.05, 3.63) is 65.5 Å². The molecule has 0 aliphatic carbocycles. The topological polar surface area (TPSA) is 80.4 Å². The summed E-state index contributed by atoms with van der Waals surface area (Å²) in [6.07, 6.45) is 2.61. The van der Waals surface area contributed by atoms with Crippen molar-refractivity contribution in [2.24, 2.45) is 10.7 Å². The van der Waals surface area contributed by atoms with E-state index in [0.29, 0.717) is 17.3 Å². The van der Waals surface area contributed by atoms with Gasteiger partial charge in [-0.15, -0.1) is 0 Å². The lowest BCUT2D eigenvalue weighted by molar-refractivity contribution is 0.0950. The van der Waals surface area contributed by atoms with Gasteiger partial charge in [0.15, 0.2) is 5.17 Å². The summed E-state index contributed by atoms with van der Waals surface area (Å²) in [5.41, 5.74) is 7.98. The van der Waals surface area contributed by atoms with Crippen molar-refractivity contribution in [1.82, 2.24) is 10.3 Å². The van der Waals surface area contributed by atoms with Gasteiger partial charge in [-0.3, -0.25) is 14.8 Å². The number of nitrogens with zero attached hydrogens (tertiary/aromatic N) is 2. The molecule has 1 atom stereocenters. The molecule has 3 N–H and O–H groups in total. The Morgan fingerprint density at radius 1 is 1.33 bits per heavy atom. The highest BCUT2D eigenvalue weighted by atomic mass is 32.2. The molecule has 5 nitrogen and oxygen atoms in total. The van der Waals surface area contributed by atoms with Crippen molar-refractivity contribution >= 4 is 22.8 Å². The first-order valence-corrected chi connectivity index (χ1v) is 8.82. The van der Waals surface area contributed by atoms with Gasteiger partial charge in [0.05, 0.1) is 17.8 Å². The number of carbonyl (C=O) groups is 1. The van der Waals surface area contributed by atoms with Gasteiger partial charge in [-0.05, 0) is 43.2 Å². The zero-order valence-corrected chi connectivity index (χ0v) is 14.3. The third-order valence-corrected chi connectivity index (χ3v) is 4.89. The lowest BCUT2D eigenvalue weighted by Gasteiger charge is -2.30. The molecule has 124 valence electrons. The third-order valence-electron chi connectivity index (χ3n) is 4.10. The lowest BCUT2D eigenvalue weighted by Crippen LogP contribution is -2.29. The van der Waals surface area contributed by atoms with E-state index in [2.05, 4.69) is 22.2 Å². The van der Waals surface area contributed by atoms with Crippen LogP contribution in [0.5, 0.6) is 0 Å². The first-order valence-electron chi connectivity index (χ1n) is 7.84. The van der Waals surface area contributed by atoms with Crippen molar-refractivity contribution in [2.45, 2.75) is 25.4 Å². The number of thioether (sulfide) groups is 1. The van der Waals surface area contributed by atoms with Crippen molar-refractivity contribution in [1.29, 1.82) is 0 Å². The average molecular weight is 340 g/mol. The molecule has 0 fully saturated rings. The van der Waals surface area contributed by atoms with Crippen molar-refractivity contribution in [3.63, 3.8) is 0 Å². The zero-order chi connectivity index (χ0) is 17.0. The van der Waals surface area contributed by atoms with E-state index in [1.54, 1.807) is 18.0 Å². The molecule has 1 aliphatic heterocycles. The standard InChI is InChI=1S/C18H20N4OS/c1-18(8-10-24-17(19)22-18)14-6-4-5-13(11-14)16(23)21-12-15-7-2-3-9-20-15/h2-7,9,11H,8,10,12H2,1H3,(H2,19,22)(H,21,23). The second kappa shape index (κ2) is 7.05. The molecule has 2 heterocycles. The van der Waals surface area contributed by atoms with Crippen LogP contribution in [-0.4, -0.2) is 21.8 Å². The number of aliphatic imine (C=N–C) groups is 1. The SMILES string of the molecule is CC1(c2cccc(C(=O)NCc3ccccn3)c2)CCSC(N)=N1. The van der Waals surface area contributed by atoms with E-state index in [4.69, 9.17) is 5.73 Å². The Labute approximate surface area is 145 Å². The fraction of sp³-hybridized carbons (Fsp3) is 0.278. The minimum Gasteiger partial charge on any atom is -0.379 e. The van der Waals surface area contributed by atoms with Crippen molar-refractivity contribution in [2.75, 3.05) is 5.75 Å². The maximum Gasteiger partial charge on any atom is 0.251 e. The monoisotopic (exact) mass is 340 g/mol. The number of amidine groups is 1. The van der Waals surface area contributed by atoms with E-state index in [1.165, 1.54) is 0 Å².